The minimum atomic E-state index is 0. The largest absolute Gasteiger partial charge is 1.00 e. The maximum atomic E-state index is 8.99. The maximum absolute atomic E-state index is 8.99. The molecule has 0 N–H and O–H groups in total. The molecule has 0 rings (SSSR count). The normalized spacial score (nSPS) is 4.00. The van der Waals surface area contributed by atoms with Crippen LogP contribution in [0.1, 0.15) is 1.43 Å². The van der Waals surface area contributed by atoms with Gasteiger partial charge in [-0.25, -0.2) is 0 Å². The van der Waals surface area contributed by atoms with Gasteiger partial charge in [-0.15, -0.1) is 0 Å². The molecule has 6 heavy (non-hydrogen) atoms. The second-order valence-corrected chi connectivity index (χ2v) is 0.803. The molecule has 0 amide bonds. The van der Waals surface area contributed by atoms with Crippen LogP contribution in [0, 0.1) is 0 Å². The number of hydrogen-bond donors (Lipinski definition) is 0. The van der Waals surface area contributed by atoms with Crippen LogP contribution in [0.5, 0.6) is 0 Å². The van der Waals surface area contributed by atoms with Crippen LogP contribution < -0.4 is 29.6 Å². The molecule has 0 radical (unpaired) electrons. The monoisotopic (exact) mass is 130 g/mol. The van der Waals surface area contributed by atoms with Crippen molar-refractivity contribution in [1.29, 1.82) is 0 Å². The van der Waals surface area contributed by atoms with Crippen molar-refractivity contribution in [2.45, 2.75) is 0 Å². The molecule has 0 fully saturated rings. The van der Waals surface area contributed by atoms with Crippen molar-refractivity contribution in [2.75, 3.05) is 0 Å². The molecule has 0 aromatic carbocycles. The fourth-order valence-electron chi connectivity index (χ4n) is 0. The predicted octanol–water partition coefficient (Wildman–Crippen LogP) is -5.63. The molecule has 0 aromatic rings. The van der Waals surface area contributed by atoms with Gasteiger partial charge in [-0.05, 0) is 0 Å². The molecule has 0 aliphatic carbocycles. The van der Waals surface area contributed by atoms with Gasteiger partial charge in [0.1, 0.15) is 0 Å². The zero-order valence-electron chi connectivity index (χ0n) is 4.39. The third-order valence-corrected chi connectivity index (χ3v) is 0.289. The van der Waals surface area contributed by atoms with Crippen molar-refractivity contribution in [3.8, 4) is 0 Å². The molecule has 0 aliphatic rings. The first kappa shape index (κ1) is 15.7. The fraction of sp³-hybridized carbons (Fsp3) is 0. The first-order valence-corrected chi connectivity index (χ1v) is 1.70. The third-order valence-electron chi connectivity index (χ3n) is 0.0962. The van der Waals surface area contributed by atoms with Gasteiger partial charge in [-0.1, -0.05) is 0 Å². The van der Waals surface area contributed by atoms with Crippen molar-refractivity contribution in [3.63, 3.8) is 0 Å². The summed E-state index contributed by atoms with van der Waals surface area (Å²) in [6, 6.07) is 0. The Kier molecular flexibility index (Phi) is 42.7. The minimum Gasteiger partial charge on any atom is -1.00 e. The van der Waals surface area contributed by atoms with Gasteiger partial charge in [-0.3, -0.25) is 4.79 Å². The summed E-state index contributed by atoms with van der Waals surface area (Å²) in [6.07, 6.45) is 0. The van der Waals surface area contributed by atoms with E-state index in [1.54, 1.807) is 0 Å². The van der Waals surface area contributed by atoms with Gasteiger partial charge in [0.15, 0.2) is 17.4 Å². The molecule has 0 spiro atoms. The van der Waals surface area contributed by atoms with Crippen LogP contribution in [0.15, 0.2) is 0 Å². The van der Waals surface area contributed by atoms with E-state index in [0.29, 0.717) is 17.0 Å². The van der Waals surface area contributed by atoms with Crippen LogP contribution in [0.2, 0.25) is 0 Å². The molecule has 0 aliphatic heterocycles. The fourth-order valence-corrected chi connectivity index (χ4v) is 0. The minimum absolute atomic E-state index is 0. The molecule has 2 nitrogen and oxygen atoms in total. The third kappa shape index (κ3) is 18.9. The average molecular weight is 130 g/mol. The Morgan fingerprint density at radius 3 is 2.00 bits per heavy atom. The van der Waals surface area contributed by atoms with Crippen molar-refractivity contribution >= 4 is 34.3 Å². The molecule has 0 bridgehead atoms. The van der Waals surface area contributed by atoms with Crippen LogP contribution in [0.3, 0.4) is 0 Å². The van der Waals surface area contributed by atoms with Crippen LogP contribution in [0.4, 0.5) is 0 Å². The Morgan fingerprint density at radius 1 is 1.83 bits per heavy atom. The summed E-state index contributed by atoms with van der Waals surface area (Å²) in [6.45, 7) is 0.437. The predicted molar refractivity (Wildman–Crippen MR) is 28.1 cm³/mol. The first-order chi connectivity index (χ1) is 1.91. The number of rotatable bonds is 1. The summed E-state index contributed by atoms with van der Waals surface area (Å²) >= 11 is 0. The maximum Gasteiger partial charge on any atom is 1.00 e. The van der Waals surface area contributed by atoms with E-state index < -0.39 is 0 Å². The topological polar surface area (TPSA) is 26.3 Å². The van der Waals surface area contributed by atoms with Gasteiger partial charge >= 0.3 is 29.6 Å². The SMILES string of the molecule is O=CO[SiH3].[AlH3].[H-].[Na+]. The molecule has 0 saturated heterocycles. The van der Waals surface area contributed by atoms with E-state index >= 15 is 0 Å². The van der Waals surface area contributed by atoms with Gasteiger partial charge < -0.3 is 5.85 Å². The zero-order chi connectivity index (χ0) is 3.41. The van der Waals surface area contributed by atoms with Gasteiger partial charge in [-0.2, -0.15) is 0 Å². The first-order valence-electron chi connectivity index (χ1n) is 0.880. The summed E-state index contributed by atoms with van der Waals surface area (Å²) in [7, 11) is 0.522. The molecule has 0 saturated carbocycles. The Morgan fingerprint density at radius 2 is 2.00 bits per heavy atom. The van der Waals surface area contributed by atoms with E-state index in [2.05, 4.69) is 4.43 Å². The Labute approximate surface area is 74.1 Å². The molecule has 5 heteroatoms. The average Bonchev–Trinajstić information content (AvgIpc) is 1.37. The van der Waals surface area contributed by atoms with Crippen LogP contribution in [-0.4, -0.2) is 34.3 Å². The summed E-state index contributed by atoms with van der Waals surface area (Å²) in [5.74, 6) is 0. The number of carbonyl (C=O) groups excluding carboxylic acids is 1. The molecule has 0 atom stereocenters. The van der Waals surface area contributed by atoms with Gasteiger partial charge in [0, 0.05) is 0 Å². The summed E-state index contributed by atoms with van der Waals surface area (Å²) in [5, 5.41) is 0. The van der Waals surface area contributed by atoms with Crippen LogP contribution >= 0.6 is 0 Å². The van der Waals surface area contributed by atoms with Crippen molar-refractivity contribution in [1.82, 2.24) is 0 Å². The number of hydrogen-bond acceptors (Lipinski definition) is 2. The van der Waals surface area contributed by atoms with E-state index in [1.165, 1.54) is 0 Å². The van der Waals surface area contributed by atoms with Crippen molar-refractivity contribution < 1.29 is 40.2 Å². The number of carbonyl (C=O) groups is 1. The smallest absolute Gasteiger partial charge is 1.00 e. The quantitative estimate of drug-likeness (QED) is 0.261. The Balaban J connectivity index is -0.0000000150. The standard InChI is InChI=1S/CH4O2Si.Al.Na.4H/c2-1-3-4;;;;;;/h1H,4H3;;;;;;/q;;+1;;;;-1. The Bertz CT molecular complexity index is 31.7. The van der Waals surface area contributed by atoms with Crippen molar-refractivity contribution in [2.24, 2.45) is 0 Å². The van der Waals surface area contributed by atoms with E-state index in [-0.39, 0.29) is 48.3 Å². The van der Waals surface area contributed by atoms with E-state index in [4.69, 9.17) is 4.79 Å². The second kappa shape index (κ2) is 16.3. The molecule has 0 unspecified atom stereocenters. The molecule has 0 heterocycles. The zero-order valence-corrected chi connectivity index (χ0v) is 7.39. The van der Waals surface area contributed by atoms with Crippen LogP contribution in [-0.2, 0) is 9.22 Å². The molecule has 0 aromatic heterocycles. The van der Waals surface area contributed by atoms with Crippen molar-refractivity contribution in [3.05, 3.63) is 0 Å². The van der Waals surface area contributed by atoms with Gasteiger partial charge in [0.25, 0.3) is 6.47 Å². The second-order valence-electron chi connectivity index (χ2n) is 0.332. The van der Waals surface area contributed by atoms with Gasteiger partial charge in [0.05, 0.1) is 0 Å². The summed E-state index contributed by atoms with van der Waals surface area (Å²) in [5.41, 5.74) is 0. The summed E-state index contributed by atoms with van der Waals surface area (Å²) in [4.78, 5) is 8.99. The Hall–Kier alpha value is 1.22. The van der Waals surface area contributed by atoms with E-state index in [0.717, 1.165) is 0 Å². The van der Waals surface area contributed by atoms with Gasteiger partial charge in [0.2, 0.25) is 10.5 Å². The molecule has 32 valence electrons. The molecular formula is CH8AlNaO2Si. The molecular weight excluding hydrogens is 122 g/mol. The van der Waals surface area contributed by atoms with E-state index in [1.807, 2.05) is 0 Å². The summed E-state index contributed by atoms with van der Waals surface area (Å²) < 4.78 is 4.00. The van der Waals surface area contributed by atoms with E-state index in [9.17, 15) is 0 Å². The van der Waals surface area contributed by atoms with Crippen LogP contribution in [0.25, 0.3) is 0 Å².